The van der Waals surface area contributed by atoms with Crippen LogP contribution in [-0.4, -0.2) is 20.1 Å². The first-order valence-electron chi connectivity index (χ1n) is 9.86. The molecule has 0 aliphatic heterocycles. The molecule has 0 aliphatic rings. The van der Waals surface area contributed by atoms with Crippen LogP contribution in [0, 0.1) is 0 Å². The van der Waals surface area contributed by atoms with Crippen LogP contribution < -0.4 is 4.74 Å². The van der Waals surface area contributed by atoms with Crippen molar-refractivity contribution in [3.8, 4) is 11.5 Å². The summed E-state index contributed by atoms with van der Waals surface area (Å²) < 4.78 is 30.7. The summed E-state index contributed by atoms with van der Waals surface area (Å²) in [5, 5.41) is 9.30. The Morgan fingerprint density at radius 1 is 0.857 bits per heavy atom. The van der Waals surface area contributed by atoms with Gasteiger partial charge in [0.05, 0.1) is 17.3 Å². The number of unbranched alkanes of at least 4 members (excludes halogenated alkanes) is 6. The first-order chi connectivity index (χ1) is 13.5. The highest BCUT2D eigenvalue weighted by atomic mass is 32.2. The van der Waals surface area contributed by atoms with Crippen molar-refractivity contribution in [2.45, 2.75) is 55.6 Å². The van der Waals surface area contributed by atoms with Gasteiger partial charge in [0.15, 0.2) is 9.84 Å². The predicted molar refractivity (Wildman–Crippen MR) is 113 cm³/mol. The van der Waals surface area contributed by atoms with Crippen LogP contribution >= 0.6 is 0 Å². The van der Waals surface area contributed by atoms with Gasteiger partial charge < -0.3 is 9.84 Å². The van der Waals surface area contributed by atoms with Gasteiger partial charge in [-0.15, -0.1) is 6.58 Å². The zero-order chi connectivity index (χ0) is 20.2. The molecule has 4 nitrogen and oxygen atoms in total. The van der Waals surface area contributed by atoms with Crippen LogP contribution in [0.5, 0.6) is 11.5 Å². The lowest BCUT2D eigenvalue weighted by Crippen LogP contribution is -2.05. The van der Waals surface area contributed by atoms with Gasteiger partial charge in [0.25, 0.3) is 0 Å². The van der Waals surface area contributed by atoms with E-state index in [9.17, 15) is 13.5 Å². The van der Waals surface area contributed by atoms with Crippen LogP contribution in [0.1, 0.15) is 50.5 Å². The fraction of sp³-hybridized carbons (Fsp3) is 0.391. The van der Waals surface area contributed by atoms with Gasteiger partial charge in [-0.3, -0.25) is 0 Å². The van der Waals surface area contributed by atoms with Crippen molar-refractivity contribution >= 4 is 9.84 Å². The Morgan fingerprint density at radius 2 is 1.46 bits per heavy atom. The van der Waals surface area contributed by atoms with E-state index >= 15 is 0 Å². The van der Waals surface area contributed by atoms with Gasteiger partial charge in [-0.1, -0.05) is 43.9 Å². The monoisotopic (exact) mass is 402 g/mol. The average Bonchev–Trinajstić information content (AvgIpc) is 2.69. The van der Waals surface area contributed by atoms with Crippen LogP contribution in [0.25, 0.3) is 0 Å². The third-order valence-electron chi connectivity index (χ3n) is 4.55. The molecule has 0 fully saturated rings. The Hall–Kier alpha value is -2.27. The molecule has 28 heavy (non-hydrogen) atoms. The van der Waals surface area contributed by atoms with Crippen molar-refractivity contribution in [3.05, 3.63) is 66.7 Å². The zero-order valence-electron chi connectivity index (χ0n) is 16.3. The molecule has 0 aliphatic carbocycles. The molecule has 0 bridgehead atoms. The summed E-state index contributed by atoms with van der Waals surface area (Å²) in [6, 6.07) is 12.8. The Balaban J connectivity index is 1.73. The minimum absolute atomic E-state index is 0.0969. The van der Waals surface area contributed by atoms with Gasteiger partial charge in [0.2, 0.25) is 0 Å². The van der Waals surface area contributed by atoms with E-state index in [-0.39, 0.29) is 16.4 Å². The molecule has 0 aromatic heterocycles. The molecular weight excluding hydrogens is 372 g/mol. The fourth-order valence-electron chi connectivity index (χ4n) is 2.93. The normalized spacial score (nSPS) is 11.3. The lowest BCUT2D eigenvalue weighted by atomic mass is 10.1. The number of rotatable bonds is 13. The second-order valence-electron chi connectivity index (χ2n) is 6.94. The molecule has 2 aromatic carbocycles. The maximum absolute atomic E-state index is 12.5. The molecule has 0 atom stereocenters. The average molecular weight is 403 g/mol. The number of aromatic hydroxyl groups is 1. The zero-order valence-corrected chi connectivity index (χ0v) is 17.2. The molecule has 0 spiro atoms. The van der Waals surface area contributed by atoms with Crippen LogP contribution in [0.3, 0.4) is 0 Å². The van der Waals surface area contributed by atoms with E-state index in [0.29, 0.717) is 17.9 Å². The highest BCUT2D eigenvalue weighted by molar-refractivity contribution is 7.90. The summed E-state index contributed by atoms with van der Waals surface area (Å²) in [4.78, 5) is 0.271. The van der Waals surface area contributed by atoms with E-state index in [2.05, 4.69) is 6.58 Å². The molecule has 1 N–H and O–H groups in total. The number of phenolic OH excluding ortho intramolecular Hbond substituents is 1. The number of benzene rings is 2. The SMILES string of the molecule is C=CCCCCCCCCOc1ccc(S(=O)(=O)Cc2ccc(O)cc2)cc1. The first-order valence-corrected chi connectivity index (χ1v) is 11.5. The molecule has 2 rings (SSSR count). The topological polar surface area (TPSA) is 63.6 Å². The minimum Gasteiger partial charge on any atom is -0.508 e. The highest BCUT2D eigenvalue weighted by Gasteiger charge is 2.15. The van der Waals surface area contributed by atoms with Crippen molar-refractivity contribution in [1.29, 1.82) is 0 Å². The summed E-state index contributed by atoms with van der Waals surface area (Å²) in [6.45, 7) is 4.37. The number of ether oxygens (including phenoxy) is 1. The third-order valence-corrected chi connectivity index (χ3v) is 6.25. The van der Waals surface area contributed by atoms with Crippen LogP contribution in [0.4, 0.5) is 0 Å². The maximum atomic E-state index is 12.5. The van der Waals surface area contributed by atoms with E-state index < -0.39 is 9.84 Å². The largest absolute Gasteiger partial charge is 0.508 e. The lowest BCUT2D eigenvalue weighted by Gasteiger charge is -2.08. The molecule has 5 heteroatoms. The smallest absolute Gasteiger partial charge is 0.182 e. The number of hydrogen-bond donors (Lipinski definition) is 1. The van der Waals surface area contributed by atoms with Gasteiger partial charge >= 0.3 is 0 Å². The Labute approximate surface area is 168 Å². The molecule has 152 valence electrons. The molecule has 0 radical (unpaired) electrons. The standard InChI is InChI=1S/C23H30O4S/c1-2-3-4-5-6-7-8-9-18-27-22-14-16-23(17-15-22)28(25,26)19-20-10-12-21(24)13-11-20/h2,10-17,24H,1,3-9,18-19H2. The summed E-state index contributed by atoms with van der Waals surface area (Å²) in [7, 11) is -3.43. The van der Waals surface area contributed by atoms with Crippen molar-refractivity contribution in [2.75, 3.05) is 6.61 Å². The molecule has 2 aromatic rings. The molecule has 0 heterocycles. The summed E-state index contributed by atoms with van der Waals surface area (Å²) in [5.74, 6) is 0.713. The quantitative estimate of drug-likeness (QED) is 0.347. The van der Waals surface area contributed by atoms with Crippen LogP contribution in [0.15, 0.2) is 66.1 Å². The Kier molecular flexibility index (Phi) is 9.08. The number of allylic oxidation sites excluding steroid dienone is 1. The summed E-state index contributed by atoms with van der Waals surface area (Å²) in [6.07, 6.45) is 10.2. The maximum Gasteiger partial charge on any atom is 0.182 e. The number of sulfone groups is 1. The summed E-state index contributed by atoms with van der Waals surface area (Å²) in [5.41, 5.74) is 0.641. The van der Waals surface area contributed by atoms with E-state index in [1.54, 1.807) is 36.4 Å². The van der Waals surface area contributed by atoms with Crippen LogP contribution in [0.2, 0.25) is 0 Å². The molecular formula is C23H30O4S. The number of hydrogen-bond acceptors (Lipinski definition) is 4. The molecule has 0 saturated heterocycles. The Bertz CT molecular complexity index is 809. The van der Waals surface area contributed by atoms with Crippen molar-refractivity contribution < 1.29 is 18.3 Å². The van der Waals surface area contributed by atoms with E-state index in [0.717, 1.165) is 19.3 Å². The van der Waals surface area contributed by atoms with E-state index in [4.69, 9.17) is 4.74 Å². The minimum atomic E-state index is -3.43. The highest BCUT2D eigenvalue weighted by Crippen LogP contribution is 2.21. The van der Waals surface area contributed by atoms with Gasteiger partial charge in [-0.05, 0) is 61.2 Å². The predicted octanol–water partition coefficient (Wildman–Crippen LogP) is 5.66. The van der Waals surface area contributed by atoms with E-state index in [1.165, 1.54) is 37.8 Å². The number of phenols is 1. The van der Waals surface area contributed by atoms with Gasteiger partial charge in [-0.2, -0.15) is 0 Å². The van der Waals surface area contributed by atoms with Gasteiger partial charge in [0.1, 0.15) is 11.5 Å². The first kappa shape index (κ1) is 22.0. The van der Waals surface area contributed by atoms with Gasteiger partial charge in [-0.25, -0.2) is 8.42 Å². The van der Waals surface area contributed by atoms with E-state index in [1.807, 2.05) is 6.08 Å². The van der Waals surface area contributed by atoms with Crippen LogP contribution in [-0.2, 0) is 15.6 Å². The molecule has 0 saturated carbocycles. The van der Waals surface area contributed by atoms with Crippen molar-refractivity contribution in [3.63, 3.8) is 0 Å². The second-order valence-corrected chi connectivity index (χ2v) is 8.93. The van der Waals surface area contributed by atoms with Gasteiger partial charge in [0, 0.05) is 0 Å². The molecule has 0 amide bonds. The molecule has 0 unspecified atom stereocenters. The summed E-state index contributed by atoms with van der Waals surface area (Å²) >= 11 is 0. The fourth-order valence-corrected chi connectivity index (χ4v) is 4.27. The second kappa shape index (κ2) is 11.5. The lowest BCUT2D eigenvalue weighted by molar-refractivity contribution is 0.304. The van der Waals surface area contributed by atoms with Crippen molar-refractivity contribution in [2.24, 2.45) is 0 Å². The van der Waals surface area contributed by atoms with Crippen molar-refractivity contribution in [1.82, 2.24) is 0 Å². The third kappa shape index (κ3) is 7.77. The Morgan fingerprint density at radius 3 is 2.11 bits per heavy atom.